The van der Waals surface area contributed by atoms with Gasteiger partial charge in [-0.15, -0.1) is 0 Å². The molecule has 8 heteroatoms. The Bertz CT molecular complexity index is 1450. The number of nitrogens with one attached hydrogen (secondary N) is 1. The van der Waals surface area contributed by atoms with Crippen molar-refractivity contribution in [2.75, 3.05) is 12.4 Å². The van der Waals surface area contributed by atoms with Crippen molar-refractivity contribution < 1.29 is 14.3 Å². The molecule has 162 valence electrons. The molecular weight excluding hydrogens is 420 g/mol. The quantitative estimate of drug-likeness (QED) is 0.360. The minimum absolute atomic E-state index is 0.0145. The van der Waals surface area contributed by atoms with Gasteiger partial charge in [-0.05, 0) is 42.5 Å². The van der Waals surface area contributed by atoms with Gasteiger partial charge in [0.1, 0.15) is 34.4 Å². The number of nitriles is 1. The SMILES string of the molecule is COc1cccc(NC(=O)C(C#N)=Cc2c(Oc3ccccc3)nc3ccccn3c2=O)c1. The van der Waals surface area contributed by atoms with Gasteiger partial charge in [0, 0.05) is 18.0 Å². The summed E-state index contributed by atoms with van der Waals surface area (Å²) in [5, 5.41) is 12.3. The van der Waals surface area contributed by atoms with Gasteiger partial charge in [-0.2, -0.15) is 10.2 Å². The van der Waals surface area contributed by atoms with Crippen molar-refractivity contribution in [1.29, 1.82) is 5.26 Å². The van der Waals surface area contributed by atoms with E-state index in [0.29, 0.717) is 22.8 Å². The number of nitrogens with zero attached hydrogens (tertiary/aromatic N) is 3. The third kappa shape index (κ3) is 4.73. The number of hydrogen-bond donors (Lipinski definition) is 1. The smallest absolute Gasteiger partial charge is 0.269 e. The third-order valence-electron chi connectivity index (χ3n) is 4.67. The lowest BCUT2D eigenvalue weighted by Gasteiger charge is -2.10. The zero-order valence-corrected chi connectivity index (χ0v) is 17.6. The number of carbonyl (C=O) groups excluding carboxylic acids is 1. The van der Waals surface area contributed by atoms with E-state index in [0.717, 1.165) is 0 Å². The maximum absolute atomic E-state index is 13.2. The van der Waals surface area contributed by atoms with Crippen LogP contribution in [-0.4, -0.2) is 22.4 Å². The fourth-order valence-corrected chi connectivity index (χ4v) is 3.08. The van der Waals surface area contributed by atoms with Crippen LogP contribution in [0, 0.1) is 11.3 Å². The van der Waals surface area contributed by atoms with Gasteiger partial charge in [-0.25, -0.2) is 0 Å². The number of rotatable bonds is 6. The average Bonchev–Trinajstić information content (AvgIpc) is 2.84. The zero-order chi connectivity index (χ0) is 23.2. The molecule has 0 saturated carbocycles. The van der Waals surface area contributed by atoms with Crippen LogP contribution >= 0.6 is 0 Å². The van der Waals surface area contributed by atoms with Crippen molar-refractivity contribution in [3.63, 3.8) is 0 Å². The topological polar surface area (TPSA) is 106 Å². The number of carbonyl (C=O) groups is 1. The highest BCUT2D eigenvalue weighted by molar-refractivity contribution is 6.09. The molecule has 2 heterocycles. The minimum atomic E-state index is -0.686. The number of hydrogen-bond acceptors (Lipinski definition) is 6. The highest BCUT2D eigenvalue weighted by Crippen LogP contribution is 2.24. The van der Waals surface area contributed by atoms with Crippen LogP contribution in [0.3, 0.4) is 0 Å². The Hall–Kier alpha value is -4.90. The molecule has 0 spiro atoms. The van der Waals surface area contributed by atoms with Gasteiger partial charge in [0.25, 0.3) is 11.5 Å². The molecule has 33 heavy (non-hydrogen) atoms. The Morgan fingerprint density at radius 3 is 2.58 bits per heavy atom. The Morgan fingerprint density at radius 1 is 1.06 bits per heavy atom. The first-order chi connectivity index (χ1) is 16.1. The number of amides is 1. The Labute approximate surface area is 189 Å². The number of benzene rings is 2. The van der Waals surface area contributed by atoms with E-state index >= 15 is 0 Å². The summed E-state index contributed by atoms with van der Waals surface area (Å²) >= 11 is 0. The van der Waals surface area contributed by atoms with E-state index in [1.807, 2.05) is 12.1 Å². The van der Waals surface area contributed by atoms with Crippen molar-refractivity contribution >= 4 is 23.3 Å². The van der Waals surface area contributed by atoms with Crippen LogP contribution in [0.2, 0.25) is 0 Å². The summed E-state index contributed by atoms with van der Waals surface area (Å²) in [6.45, 7) is 0. The molecule has 1 N–H and O–H groups in total. The second kappa shape index (κ2) is 9.49. The zero-order valence-electron chi connectivity index (χ0n) is 17.6. The second-order valence-electron chi connectivity index (χ2n) is 6.84. The lowest BCUT2D eigenvalue weighted by Crippen LogP contribution is -2.20. The predicted molar refractivity (Wildman–Crippen MR) is 123 cm³/mol. The van der Waals surface area contributed by atoms with E-state index in [4.69, 9.17) is 9.47 Å². The van der Waals surface area contributed by atoms with E-state index in [1.54, 1.807) is 72.9 Å². The second-order valence-corrected chi connectivity index (χ2v) is 6.84. The molecule has 0 atom stereocenters. The Morgan fingerprint density at radius 2 is 1.82 bits per heavy atom. The van der Waals surface area contributed by atoms with Crippen LogP contribution in [0.5, 0.6) is 17.4 Å². The van der Waals surface area contributed by atoms with Gasteiger partial charge in [0.05, 0.1) is 7.11 Å². The number of pyridine rings is 1. The van der Waals surface area contributed by atoms with Crippen molar-refractivity contribution in [3.8, 4) is 23.4 Å². The molecule has 0 radical (unpaired) electrons. The Balaban J connectivity index is 1.78. The van der Waals surface area contributed by atoms with Crippen LogP contribution in [0.1, 0.15) is 5.56 Å². The normalized spacial score (nSPS) is 11.0. The molecule has 0 bridgehead atoms. The number of aromatic nitrogens is 2. The van der Waals surface area contributed by atoms with Crippen LogP contribution in [0.25, 0.3) is 11.7 Å². The van der Waals surface area contributed by atoms with Crippen LogP contribution in [0.15, 0.2) is 89.4 Å². The molecule has 2 aromatic heterocycles. The van der Waals surface area contributed by atoms with Gasteiger partial charge in [-0.1, -0.05) is 30.3 Å². The van der Waals surface area contributed by atoms with Crippen LogP contribution in [-0.2, 0) is 4.79 Å². The molecule has 2 aromatic carbocycles. The van der Waals surface area contributed by atoms with E-state index in [-0.39, 0.29) is 17.0 Å². The molecule has 4 rings (SSSR count). The van der Waals surface area contributed by atoms with E-state index < -0.39 is 11.5 Å². The fourth-order valence-electron chi connectivity index (χ4n) is 3.08. The predicted octanol–water partition coefficient (Wildman–Crippen LogP) is 4.04. The third-order valence-corrected chi connectivity index (χ3v) is 4.67. The molecule has 0 aliphatic carbocycles. The van der Waals surface area contributed by atoms with E-state index in [1.165, 1.54) is 17.6 Å². The largest absolute Gasteiger partial charge is 0.497 e. The number of methoxy groups -OCH3 is 1. The lowest BCUT2D eigenvalue weighted by atomic mass is 10.1. The van der Waals surface area contributed by atoms with E-state index in [2.05, 4.69) is 10.3 Å². The minimum Gasteiger partial charge on any atom is -0.497 e. The van der Waals surface area contributed by atoms with Gasteiger partial charge in [0.2, 0.25) is 5.88 Å². The molecule has 8 nitrogen and oxygen atoms in total. The average molecular weight is 438 g/mol. The molecule has 1 amide bonds. The van der Waals surface area contributed by atoms with Crippen molar-refractivity contribution in [3.05, 3.63) is 100 Å². The molecule has 0 aliphatic rings. The van der Waals surface area contributed by atoms with Gasteiger partial charge < -0.3 is 14.8 Å². The van der Waals surface area contributed by atoms with Crippen LogP contribution in [0.4, 0.5) is 5.69 Å². The first-order valence-electron chi connectivity index (χ1n) is 9.90. The number of ether oxygens (including phenoxy) is 2. The first kappa shape index (κ1) is 21.3. The molecule has 0 saturated heterocycles. The summed E-state index contributed by atoms with van der Waals surface area (Å²) in [6.07, 6.45) is 2.74. The van der Waals surface area contributed by atoms with Gasteiger partial charge in [0.15, 0.2) is 0 Å². The Kier molecular flexibility index (Phi) is 6.14. The van der Waals surface area contributed by atoms with Crippen molar-refractivity contribution in [1.82, 2.24) is 9.38 Å². The maximum atomic E-state index is 13.2. The molecular formula is C25H18N4O4. The summed E-state index contributed by atoms with van der Waals surface area (Å²) in [5.74, 6) is 0.304. The summed E-state index contributed by atoms with van der Waals surface area (Å²) in [6, 6.07) is 22.4. The van der Waals surface area contributed by atoms with E-state index in [9.17, 15) is 14.9 Å². The first-order valence-corrected chi connectivity index (χ1v) is 9.90. The summed E-state index contributed by atoms with van der Waals surface area (Å²) in [7, 11) is 1.51. The number of anilines is 1. The molecule has 0 unspecified atom stereocenters. The van der Waals surface area contributed by atoms with Gasteiger partial charge >= 0.3 is 0 Å². The van der Waals surface area contributed by atoms with Gasteiger partial charge in [-0.3, -0.25) is 14.0 Å². The fraction of sp³-hybridized carbons (Fsp3) is 0.0400. The maximum Gasteiger partial charge on any atom is 0.269 e. The summed E-state index contributed by atoms with van der Waals surface area (Å²) in [4.78, 5) is 30.4. The molecule has 0 fully saturated rings. The monoisotopic (exact) mass is 438 g/mol. The number of fused-ring (bicyclic) bond motifs is 1. The highest BCUT2D eigenvalue weighted by atomic mass is 16.5. The van der Waals surface area contributed by atoms with Crippen LogP contribution < -0.4 is 20.3 Å². The van der Waals surface area contributed by atoms with Crippen molar-refractivity contribution in [2.45, 2.75) is 0 Å². The summed E-state index contributed by atoms with van der Waals surface area (Å²) in [5.41, 5.74) is 0.0124. The standard InChI is InChI=1S/C25H18N4O4/c1-32-20-11-7-8-18(15-20)27-23(30)17(16-26)14-21-24(33-19-9-3-2-4-10-19)28-22-12-5-6-13-29(22)25(21)31/h2-15H,1H3,(H,27,30). The molecule has 0 aliphatic heterocycles. The summed E-state index contributed by atoms with van der Waals surface area (Å²) < 4.78 is 12.3. The number of para-hydroxylation sites is 1. The highest BCUT2D eigenvalue weighted by Gasteiger charge is 2.17. The van der Waals surface area contributed by atoms with Crippen molar-refractivity contribution in [2.24, 2.45) is 0 Å². The molecule has 4 aromatic rings. The lowest BCUT2D eigenvalue weighted by molar-refractivity contribution is -0.112.